The van der Waals surface area contributed by atoms with Crippen LogP contribution in [0.25, 0.3) is 0 Å². The van der Waals surface area contributed by atoms with Crippen molar-refractivity contribution >= 4 is 6.21 Å². The fraction of sp³-hybridized carbons (Fsp3) is 0.955. The molecule has 2 N–H and O–H groups in total. The Morgan fingerprint density at radius 2 is 1.85 bits per heavy atom. The smallest absolute Gasteiger partial charge is 0.106 e. The molecule has 4 heteroatoms. The summed E-state index contributed by atoms with van der Waals surface area (Å²) in [5.41, 5.74) is -0.203. The van der Waals surface area contributed by atoms with E-state index >= 15 is 0 Å². The Morgan fingerprint density at radius 1 is 1.04 bits per heavy atom. The normalized spacial score (nSPS) is 53.8. The van der Waals surface area contributed by atoms with Crippen molar-refractivity contribution in [2.75, 3.05) is 7.11 Å². The highest BCUT2D eigenvalue weighted by Gasteiger charge is 2.66. The first-order valence-electron chi connectivity index (χ1n) is 10.8. The molecule has 4 fully saturated rings. The summed E-state index contributed by atoms with van der Waals surface area (Å²) in [5, 5.41) is 26.1. The quantitative estimate of drug-likeness (QED) is 0.585. The van der Waals surface area contributed by atoms with Crippen LogP contribution < -0.4 is 0 Å². The van der Waals surface area contributed by atoms with Crippen LogP contribution in [0.2, 0.25) is 0 Å². The average Bonchev–Trinajstić information content (AvgIpc) is 2.88. The van der Waals surface area contributed by atoms with Gasteiger partial charge in [-0.2, -0.15) is 0 Å². The summed E-state index contributed by atoms with van der Waals surface area (Å²) in [7, 11) is 1.59. The highest BCUT2D eigenvalue weighted by atomic mass is 16.6. The van der Waals surface area contributed by atoms with Crippen molar-refractivity contribution in [2.24, 2.45) is 39.7 Å². The van der Waals surface area contributed by atoms with E-state index in [-0.39, 0.29) is 11.5 Å². The number of hydrogen-bond acceptors (Lipinski definition) is 4. The van der Waals surface area contributed by atoms with Gasteiger partial charge < -0.3 is 15.1 Å². The van der Waals surface area contributed by atoms with Crippen LogP contribution >= 0.6 is 0 Å². The van der Waals surface area contributed by atoms with Gasteiger partial charge in [0.25, 0.3) is 0 Å². The molecule has 0 saturated heterocycles. The summed E-state index contributed by atoms with van der Waals surface area (Å²) in [6.45, 7) is 4.82. The summed E-state index contributed by atoms with van der Waals surface area (Å²) in [5.74, 6) is 2.21. The molecule has 0 radical (unpaired) electrons. The molecule has 4 aliphatic carbocycles. The topological polar surface area (TPSA) is 62.0 Å². The van der Waals surface area contributed by atoms with E-state index < -0.39 is 5.60 Å². The third kappa shape index (κ3) is 2.51. The van der Waals surface area contributed by atoms with Crippen molar-refractivity contribution in [1.29, 1.82) is 0 Å². The second-order valence-corrected chi connectivity index (χ2v) is 10.2. The molecule has 26 heavy (non-hydrogen) atoms. The van der Waals surface area contributed by atoms with Crippen LogP contribution in [0.3, 0.4) is 0 Å². The molecule has 4 nitrogen and oxygen atoms in total. The molecule has 0 aromatic carbocycles. The number of aliphatic hydroxyl groups is 2. The maximum absolute atomic E-state index is 12.0. The van der Waals surface area contributed by atoms with Gasteiger partial charge in [0.05, 0.1) is 11.7 Å². The zero-order chi connectivity index (χ0) is 18.6. The van der Waals surface area contributed by atoms with Crippen LogP contribution in [0, 0.1) is 34.5 Å². The van der Waals surface area contributed by atoms with Gasteiger partial charge >= 0.3 is 0 Å². The van der Waals surface area contributed by atoms with Crippen LogP contribution in [0.15, 0.2) is 5.16 Å². The van der Waals surface area contributed by atoms with Crippen molar-refractivity contribution in [3.05, 3.63) is 0 Å². The summed E-state index contributed by atoms with van der Waals surface area (Å²) in [4.78, 5) is 4.85. The number of oxime groups is 1. The van der Waals surface area contributed by atoms with Gasteiger partial charge in [0.15, 0.2) is 0 Å². The minimum absolute atomic E-state index is 0.00526. The van der Waals surface area contributed by atoms with E-state index in [1.54, 1.807) is 7.11 Å². The van der Waals surface area contributed by atoms with E-state index in [0.29, 0.717) is 29.1 Å². The number of aliphatic hydroxyl groups excluding tert-OH is 1. The van der Waals surface area contributed by atoms with Gasteiger partial charge in [-0.15, -0.1) is 0 Å². The van der Waals surface area contributed by atoms with E-state index in [2.05, 4.69) is 19.0 Å². The third-order valence-corrected chi connectivity index (χ3v) is 9.59. The van der Waals surface area contributed by atoms with Crippen LogP contribution in [-0.2, 0) is 4.84 Å². The van der Waals surface area contributed by atoms with Crippen molar-refractivity contribution in [2.45, 2.75) is 89.8 Å². The molecular formula is C22H37NO3. The predicted octanol–water partition coefficient (Wildman–Crippen LogP) is 4.14. The first-order valence-corrected chi connectivity index (χ1v) is 10.8. The Hall–Kier alpha value is -0.610. The van der Waals surface area contributed by atoms with Gasteiger partial charge in [-0.3, -0.25) is 0 Å². The van der Waals surface area contributed by atoms with Gasteiger partial charge in [0.2, 0.25) is 0 Å². The van der Waals surface area contributed by atoms with Crippen LogP contribution in [0.1, 0.15) is 78.1 Å². The maximum Gasteiger partial charge on any atom is 0.106 e. The largest absolute Gasteiger partial charge is 0.399 e. The molecule has 0 bridgehead atoms. The van der Waals surface area contributed by atoms with Crippen molar-refractivity contribution < 1.29 is 15.1 Å². The number of rotatable bonds is 3. The Labute approximate surface area is 158 Å². The van der Waals surface area contributed by atoms with Gasteiger partial charge in [0.1, 0.15) is 7.11 Å². The predicted molar refractivity (Wildman–Crippen MR) is 103 cm³/mol. The molecule has 8 atom stereocenters. The fourth-order valence-electron chi connectivity index (χ4n) is 7.94. The van der Waals surface area contributed by atoms with Gasteiger partial charge in [-0.05, 0) is 98.7 Å². The van der Waals surface area contributed by atoms with Crippen LogP contribution in [0.4, 0.5) is 0 Å². The molecule has 0 amide bonds. The van der Waals surface area contributed by atoms with E-state index in [0.717, 1.165) is 51.4 Å². The third-order valence-electron chi connectivity index (χ3n) is 9.59. The molecule has 4 rings (SSSR count). The number of nitrogens with zero attached hydrogens (tertiary/aromatic N) is 1. The highest BCUT2D eigenvalue weighted by Crippen LogP contribution is 2.69. The van der Waals surface area contributed by atoms with Crippen LogP contribution in [0.5, 0.6) is 0 Å². The fourth-order valence-corrected chi connectivity index (χ4v) is 7.94. The molecule has 0 aromatic heterocycles. The zero-order valence-corrected chi connectivity index (χ0v) is 16.8. The molecular weight excluding hydrogens is 326 g/mol. The van der Waals surface area contributed by atoms with Gasteiger partial charge in [0, 0.05) is 6.21 Å². The summed E-state index contributed by atoms with van der Waals surface area (Å²) >= 11 is 0. The molecule has 148 valence electrons. The van der Waals surface area contributed by atoms with Gasteiger partial charge in [-0.1, -0.05) is 19.0 Å². The lowest BCUT2D eigenvalue weighted by Crippen LogP contribution is -2.62. The SMILES string of the molecule is CO/N=C/CC1CC[C@@]2(O)[C@@H]3CCC4CC(O)CC[C@]4(C)[C@@H]3CC[C@]12C. The Kier molecular flexibility index (Phi) is 4.67. The standard InChI is InChI=1S/C22H37NO3/c1-20-10-7-17(24)14-16(20)4-5-19-18(20)8-11-21(2)15(9-13-23-26-3)6-12-22(19,21)25/h13,15-19,24-25H,4-12,14H2,1-3H3/b23-13+/t15?,16?,17?,18-,19-,20+,21-,22-/m1/s1. The van der Waals surface area contributed by atoms with Crippen molar-refractivity contribution in [3.8, 4) is 0 Å². The minimum Gasteiger partial charge on any atom is -0.399 e. The highest BCUT2D eigenvalue weighted by molar-refractivity contribution is 5.57. The number of fused-ring (bicyclic) bond motifs is 5. The second kappa shape index (κ2) is 6.48. The molecule has 0 aliphatic heterocycles. The summed E-state index contributed by atoms with van der Waals surface area (Å²) in [6, 6.07) is 0. The van der Waals surface area contributed by atoms with Crippen LogP contribution in [-0.4, -0.2) is 35.2 Å². The minimum atomic E-state index is -0.522. The molecule has 4 saturated carbocycles. The van der Waals surface area contributed by atoms with Crippen molar-refractivity contribution in [1.82, 2.24) is 0 Å². The maximum atomic E-state index is 12.0. The van der Waals surface area contributed by atoms with Gasteiger partial charge in [-0.25, -0.2) is 0 Å². The second-order valence-electron chi connectivity index (χ2n) is 10.2. The molecule has 0 heterocycles. The van der Waals surface area contributed by atoms with E-state index in [9.17, 15) is 10.2 Å². The first kappa shape index (κ1) is 18.7. The zero-order valence-electron chi connectivity index (χ0n) is 16.8. The lowest BCUT2D eigenvalue weighted by atomic mass is 9.43. The monoisotopic (exact) mass is 363 g/mol. The Bertz CT molecular complexity index is 566. The lowest BCUT2D eigenvalue weighted by molar-refractivity contribution is -0.209. The van der Waals surface area contributed by atoms with E-state index in [1.807, 2.05) is 6.21 Å². The Morgan fingerprint density at radius 3 is 2.62 bits per heavy atom. The molecule has 4 aliphatic rings. The number of hydrogen-bond donors (Lipinski definition) is 2. The van der Waals surface area contributed by atoms with E-state index in [1.165, 1.54) is 12.8 Å². The Balaban J connectivity index is 1.59. The molecule has 3 unspecified atom stereocenters. The molecule has 0 spiro atoms. The summed E-state index contributed by atoms with van der Waals surface area (Å²) in [6.07, 6.45) is 12.5. The lowest BCUT2D eigenvalue weighted by Gasteiger charge is -2.63. The summed E-state index contributed by atoms with van der Waals surface area (Å²) < 4.78 is 0. The van der Waals surface area contributed by atoms with Crippen molar-refractivity contribution in [3.63, 3.8) is 0 Å². The first-order chi connectivity index (χ1) is 12.3. The average molecular weight is 364 g/mol. The van der Waals surface area contributed by atoms with E-state index in [4.69, 9.17) is 4.84 Å². The molecule has 0 aromatic rings.